The van der Waals surface area contributed by atoms with Crippen molar-refractivity contribution in [3.05, 3.63) is 141 Å². The standard InChI is InChI=1S/C34H34Cl2N2O7S2/c1-33(46-22-27-16-8-10-18-29(27)35,32(40)38(42)45-21-26-14-6-3-7-15-26)24-34(31(39)37-41,44-20-25-12-4-2-5-13-25)47(43)23-28-17-9-11-19-30(28)36/h2-19,41-42H,20-24H2,1H3,(H,37,39). The summed E-state index contributed by atoms with van der Waals surface area (Å²) in [6, 6.07) is 31.5. The first-order valence-corrected chi connectivity index (χ1v) is 17.5. The lowest BCUT2D eigenvalue weighted by Crippen LogP contribution is -2.59. The Balaban J connectivity index is 1.75. The molecule has 3 atom stereocenters. The predicted octanol–water partition coefficient (Wildman–Crippen LogP) is 7.09. The Morgan fingerprint density at radius 3 is 1.91 bits per heavy atom. The Morgan fingerprint density at radius 1 is 0.851 bits per heavy atom. The third-order valence-corrected chi connectivity index (χ3v) is 11.2. The van der Waals surface area contributed by atoms with Gasteiger partial charge in [0.2, 0.25) is 0 Å². The summed E-state index contributed by atoms with van der Waals surface area (Å²) >= 11 is 11.6. The summed E-state index contributed by atoms with van der Waals surface area (Å²) in [6.45, 7) is 1.14. The molecule has 0 saturated carbocycles. The Morgan fingerprint density at radius 2 is 1.36 bits per heavy atom. The van der Waals surface area contributed by atoms with E-state index in [0.717, 1.165) is 11.8 Å². The number of hydrogen-bond acceptors (Lipinski definition) is 8. The van der Waals surface area contributed by atoms with E-state index in [9.17, 15) is 24.6 Å². The highest BCUT2D eigenvalue weighted by Gasteiger charge is 2.58. The molecular weight excluding hydrogens is 683 g/mol. The summed E-state index contributed by atoms with van der Waals surface area (Å²) in [7, 11) is 0. The van der Waals surface area contributed by atoms with Crippen LogP contribution >= 0.6 is 35.0 Å². The van der Waals surface area contributed by atoms with Gasteiger partial charge in [0.15, 0.2) is 0 Å². The first kappa shape index (κ1) is 36.7. The van der Waals surface area contributed by atoms with Crippen LogP contribution in [0.2, 0.25) is 10.0 Å². The van der Waals surface area contributed by atoms with Gasteiger partial charge in [-0.3, -0.25) is 20.0 Å². The number of hydrogen-bond donors (Lipinski definition) is 3. The van der Waals surface area contributed by atoms with Crippen molar-refractivity contribution in [1.29, 1.82) is 0 Å². The fraction of sp³-hybridized carbons (Fsp3) is 0.235. The molecule has 0 heterocycles. The number of amides is 2. The normalized spacial score (nSPS) is 14.4. The lowest BCUT2D eigenvalue weighted by molar-refractivity contribution is -0.323. The molecule has 248 valence electrons. The smallest absolute Gasteiger partial charge is 0.328 e. The zero-order chi connectivity index (χ0) is 33.9. The quantitative estimate of drug-likeness (QED) is 0.0636. The third-order valence-electron chi connectivity index (χ3n) is 7.27. The molecule has 0 aliphatic heterocycles. The second-order valence-electron chi connectivity index (χ2n) is 10.7. The summed E-state index contributed by atoms with van der Waals surface area (Å²) in [4.78, 5) is 30.9. The molecule has 4 rings (SSSR count). The lowest BCUT2D eigenvalue weighted by atomic mass is 10.00. The van der Waals surface area contributed by atoms with Crippen LogP contribution in [0, 0.1) is 0 Å². The number of nitrogens with one attached hydrogen (secondary N) is 1. The van der Waals surface area contributed by atoms with Crippen LogP contribution in [0.25, 0.3) is 0 Å². The van der Waals surface area contributed by atoms with Crippen LogP contribution in [0.3, 0.4) is 0 Å². The maximum Gasteiger partial charge on any atom is 0.328 e. The lowest BCUT2D eigenvalue weighted by Gasteiger charge is -2.39. The SMILES string of the molecule is CC(CC(OCc1ccccc1)(C(=O)NO)[S+]([O-])Cc1ccccc1Cl)(SCc1ccccc1Cl)C(=O)N(O)OCc1ccccc1. The fourth-order valence-corrected chi connectivity index (χ4v) is 8.18. The van der Waals surface area contributed by atoms with Crippen molar-refractivity contribution in [2.45, 2.75) is 47.7 Å². The predicted molar refractivity (Wildman–Crippen MR) is 183 cm³/mol. The van der Waals surface area contributed by atoms with Crippen LogP contribution in [-0.2, 0) is 55.1 Å². The van der Waals surface area contributed by atoms with Crippen molar-refractivity contribution in [2.24, 2.45) is 0 Å². The minimum atomic E-state index is -2.33. The van der Waals surface area contributed by atoms with E-state index in [2.05, 4.69) is 0 Å². The van der Waals surface area contributed by atoms with Gasteiger partial charge in [0, 0.05) is 21.4 Å². The zero-order valence-electron chi connectivity index (χ0n) is 25.4. The van der Waals surface area contributed by atoms with E-state index < -0.39 is 39.1 Å². The highest BCUT2D eigenvalue weighted by atomic mass is 35.5. The molecule has 47 heavy (non-hydrogen) atoms. The molecular formula is C34H34Cl2N2O7S2. The van der Waals surface area contributed by atoms with Crippen molar-refractivity contribution in [2.75, 3.05) is 0 Å². The number of benzene rings is 4. The average molecular weight is 718 g/mol. The second kappa shape index (κ2) is 17.3. The Kier molecular flexibility index (Phi) is 13.6. The van der Waals surface area contributed by atoms with Gasteiger partial charge in [-0.25, -0.2) is 10.3 Å². The van der Waals surface area contributed by atoms with Gasteiger partial charge in [-0.2, -0.15) is 0 Å². The van der Waals surface area contributed by atoms with Crippen LogP contribution in [-0.4, -0.2) is 41.7 Å². The molecule has 0 radical (unpaired) electrons. The van der Waals surface area contributed by atoms with Gasteiger partial charge < -0.3 is 9.29 Å². The van der Waals surface area contributed by atoms with Crippen molar-refractivity contribution >= 4 is 58.0 Å². The third kappa shape index (κ3) is 9.73. The number of halogens is 2. The summed E-state index contributed by atoms with van der Waals surface area (Å²) in [6.07, 6.45) is -0.573. The van der Waals surface area contributed by atoms with Crippen LogP contribution < -0.4 is 5.48 Å². The highest BCUT2D eigenvalue weighted by Crippen LogP contribution is 2.43. The van der Waals surface area contributed by atoms with Crippen LogP contribution in [0.5, 0.6) is 0 Å². The van der Waals surface area contributed by atoms with Gasteiger partial charge in [0.05, 0.1) is 13.0 Å². The molecule has 13 heteroatoms. The molecule has 2 amide bonds. The summed E-state index contributed by atoms with van der Waals surface area (Å²) < 4.78 is 18.9. The Bertz CT molecular complexity index is 1620. The van der Waals surface area contributed by atoms with Gasteiger partial charge in [-0.15, -0.1) is 11.8 Å². The number of ether oxygens (including phenoxy) is 1. The van der Waals surface area contributed by atoms with Gasteiger partial charge in [-0.05, 0) is 46.9 Å². The maximum atomic E-state index is 14.4. The largest absolute Gasteiger partial charge is 0.613 e. The van der Waals surface area contributed by atoms with Gasteiger partial charge in [0.25, 0.3) is 5.91 Å². The van der Waals surface area contributed by atoms with E-state index in [4.69, 9.17) is 32.8 Å². The molecule has 0 spiro atoms. The van der Waals surface area contributed by atoms with Gasteiger partial charge in [0.1, 0.15) is 17.1 Å². The molecule has 4 aromatic rings. The first-order chi connectivity index (χ1) is 22.6. The van der Waals surface area contributed by atoms with Crippen molar-refractivity contribution in [3.8, 4) is 0 Å². The number of hydroxylamine groups is 3. The minimum absolute atomic E-state index is 0.113. The van der Waals surface area contributed by atoms with Crippen molar-refractivity contribution in [3.63, 3.8) is 0 Å². The molecule has 3 N–H and O–H groups in total. The Labute approximate surface area is 290 Å². The summed E-state index contributed by atoms with van der Waals surface area (Å²) in [5.74, 6) is -2.21. The topological polar surface area (TPSA) is 131 Å². The van der Waals surface area contributed by atoms with E-state index in [0.29, 0.717) is 32.3 Å². The van der Waals surface area contributed by atoms with E-state index >= 15 is 0 Å². The number of rotatable bonds is 16. The first-order valence-electron chi connectivity index (χ1n) is 14.4. The van der Waals surface area contributed by atoms with Crippen LogP contribution in [0.1, 0.15) is 35.6 Å². The number of nitrogens with zero attached hydrogens (tertiary/aromatic N) is 1. The molecule has 0 saturated heterocycles. The van der Waals surface area contributed by atoms with Gasteiger partial charge in [-0.1, -0.05) is 125 Å². The minimum Gasteiger partial charge on any atom is -0.613 e. The zero-order valence-corrected chi connectivity index (χ0v) is 28.5. The Hall–Kier alpha value is -3.10. The van der Waals surface area contributed by atoms with Crippen LogP contribution in [0.4, 0.5) is 0 Å². The van der Waals surface area contributed by atoms with Gasteiger partial charge >= 0.3 is 10.8 Å². The average Bonchev–Trinajstić information content (AvgIpc) is 3.09. The second-order valence-corrected chi connectivity index (χ2v) is 14.6. The summed E-state index contributed by atoms with van der Waals surface area (Å²) in [5, 5.41) is 21.8. The summed E-state index contributed by atoms with van der Waals surface area (Å²) in [5.41, 5.74) is 4.06. The molecule has 4 aromatic carbocycles. The highest BCUT2D eigenvalue weighted by molar-refractivity contribution is 8.00. The molecule has 0 aromatic heterocycles. The molecule has 9 nitrogen and oxygen atoms in total. The fourth-order valence-electron chi connectivity index (χ4n) is 4.63. The number of thioether (sulfide) groups is 1. The molecule has 0 aliphatic carbocycles. The molecule has 3 unspecified atom stereocenters. The van der Waals surface area contributed by atoms with E-state index in [1.807, 2.05) is 6.07 Å². The van der Waals surface area contributed by atoms with E-state index in [1.54, 1.807) is 109 Å². The monoisotopic (exact) mass is 716 g/mol. The molecule has 0 aliphatic rings. The van der Waals surface area contributed by atoms with E-state index in [1.165, 1.54) is 6.92 Å². The maximum absolute atomic E-state index is 14.4. The van der Waals surface area contributed by atoms with Crippen molar-refractivity contribution < 1.29 is 34.1 Å². The molecule has 0 bridgehead atoms. The number of carbonyl (C=O) groups is 2. The van der Waals surface area contributed by atoms with Crippen LogP contribution in [0.15, 0.2) is 109 Å². The van der Waals surface area contributed by atoms with Crippen molar-refractivity contribution in [1.82, 2.24) is 10.7 Å². The molecule has 0 fully saturated rings. The van der Waals surface area contributed by atoms with E-state index in [-0.39, 0.29) is 29.9 Å². The number of carbonyl (C=O) groups excluding carboxylic acids is 2.